The van der Waals surface area contributed by atoms with Crippen molar-refractivity contribution in [2.75, 3.05) is 20.4 Å². The topological polar surface area (TPSA) is 15.7 Å². The zero-order chi connectivity index (χ0) is 9.68. The Kier molecular flexibility index (Phi) is 3.66. The molecule has 0 aromatic rings. The minimum absolute atomic E-state index is 0.380. The molecule has 0 fully saturated rings. The zero-order valence-electron chi connectivity index (χ0n) is 8.23. The summed E-state index contributed by atoms with van der Waals surface area (Å²) >= 11 is 0. The summed E-state index contributed by atoms with van der Waals surface area (Å²) in [6.07, 6.45) is 10.2. The molecule has 0 aromatic heterocycles. The van der Waals surface area contributed by atoms with Gasteiger partial charge in [0, 0.05) is 25.9 Å². The lowest BCUT2D eigenvalue weighted by Gasteiger charge is -2.26. The van der Waals surface area contributed by atoms with Crippen LogP contribution in [0.2, 0.25) is 0 Å². The molecule has 1 aliphatic rings. The van der Waals surface area contributed by atoms with Gasteiger partial charge in [0.05, 0.1) is 12.8 Å². The van der Waals surface area contributed by atoms with Crippen molar-refractivity contribution in [1.82, 2.24) is 9.80 Å². The molecule has 3 nitrogen and oxygen atoms in total. The van der Waals surface area contributed by atoms with Gasteiger partial charge in [0.1, 0.15) is 6.73 Å². The van der Waals surface area contributed by atoms with Crippen LogP contribution in [0, 0.1) is 12.3 Å². The van der Waals surface area contributed by atoms with Gasteiger partial charge in [0.15, 0.2) is 0 Å². The molecular formula is C10H16N2O. The molecular weight excluding hydrogens is 164 g/mol. The molecule has 0 amide bonds. The summed E-state index contributed by atoms with van der Waals surface area (Å²) in [4.78, 5) is 4.25. The average molecular weight is 180 g/mol. The van der Waals surface area contributed by atoms with Gasteiger partial charge >= 0.3 is 0 Å². The van der Waals surface area contributed by atoms with Gasteiger partial charge in [-0.1, -0.05) is 0 Å². The fraction of sp³-hybridized carbons (Fsp3) is 0.600. The Morgan fingerprint density at radius 2 is 2.31 bits per heavy atom. The van der Waals surface area contributed by atoms with Crippen LogP contribution in [-0.4, -0.2) is 36.4 Å². The van der Waals surface area contributed by atoms with Crippen molar-refractivity contribution < 1.29 is 4.74 Å². The molecule has 0 radical (unpaired) electrons. The van der Waals surface area contributed by atoms with E-state index >= 15 is 0 Å². The second-order valence-electron chi connectivity index (χ2n) is 3.10. The van der Waals surface area contributed by atoms with Gasteiger partial charge in [0.2, 0.25) is 0 Å². The largest absolute Gasteiger partial charge is 0.360 e. The monoisotopic (exact) mass is 180 g/mol. The first-order chi connectivity index (χ1) is 6.25. The molecule has 0 bridgehead atoms. The van der Waals surface area contributed by atoms with Gasteiger partial charge in [-0.3, -0.25) is 0 Å². The van der Waals surface area contributed by atoms with E-state index in [1.54, 1.807) is 0 Å². The lowest BCUT2D eigenvalue weighted by atomic mass is 10.5. The van der Waals surface area contributed by atoms with Gasteiger partial charge < -0.3 is 14.5 Å². The lowest BCUT2D eigenvalue weighted by molar-refractivity contribution is 0.0240. The van der Waals surface area contributed by atoms with Crippen LogP contribution in [0.1, 0.15) is 13.3 Å². The van der Waals surface area contributed by atoms with Gasteiger partial charge in [0.25, 0.3) is 0 Å². The number of hydrogen-bond acceptors (Lipinski definition) is 3. The maximum atomic E-state index is 5.38. The molecule has 1 rings (SSSR count). The minimum atomic E-state index is 0.380. The molecule has 0 saturated carbocycles. The first-order valence-electron chi connectivity index (χ1n) is 4.43. The van der Waals surface area contributed by atoms with E-state index < -0.39 is 0 Å². The second kappa shape index (κ2) is 4.78. The number of hydrogen-bond donors (Lipinski definition) is 0. The van der Waals surface area contributed by atoms with Gasteiger partial charge in [-0.25, -0.2) is 0 Å². The van der Waals surface area contributed by atoms with Crippen molar-refractivity contribution in [2.45, 2.75) is 19.5 Å². The van der Waals surface area contributed by atoms with E-state index in [4.69, 9.17) is 11.2 Å². The summed E-state index contributed by atoms with van der Waals surface area (Å²) in [6.45, 7) is 3.38. The number of nitrogens with zero attached hydrogens (tertiary/aromatic N) is 2. The summed E-state index contributed by atoms with van der Waals surface area (Å²) in [7, 11) is 2.04. The van der Waals surface area contributed by atoms with Crippen LogP contribution in [0.5, 0.6) is 0 Å². The Balaban J connectivity index is 2.16. The van der Waals surface area contributed by atoms with Crippen LogP contribution in [0.3, 0.4) is 0 Å². The van der Waals surface area contributed by atoms with E-state index in [0.717, 1.165) is 0 Å². The fourth-order valence-electron chi connectivity index (χ4n) is 1.13. The Hall–Kier alpha value is -1.14. The van der Waals surface area contributed by atoms with E-state index in [0.29, 0.717) is 25.9 Å². The molecule has 0 N–H and O–H groups in total. The van der Waals surface area contributed by atoms with Crippen LogP contribution in [0.25, 0.3) is 0 Å². The van der Waals surface area contributed by atoms with E-state index in [9.17, 15) is 0 Å². The fourth-order valence-corrected chi connectivity index (χ4v) is 1.13. The first kappa shape index (κ1) is 9.94. The van der Waals surface area contributed by atoms with Crippen LogP contribution >= 0.6 is 0 Å². The highest BCUT2D eigenvalue weighted by molar-refractivity contribution is 4.92. The third kappa shape index (κ3) is 2.67. The van der Waals surface area contributed by atoms with E-state index in [1.165, 1.54) is 0 Å². The highest BCUT2D eigenvalue weighted by Gasteiger charge is 2.17. The van der Waals surface area contributed by atoms with Crippen molar-refractivity contribution in [1.29, 1.82) is 0 Å². The Morgan fingerprint density at radius 3 is 2.85 bits per heavy atom. The average Bonchev–Trinajstić information content (AvgIpc) is 2.43. The maximum Gasteiger partial charge on any atom is 0.120 e. The van der Waals surface area contributed by atoms with Gasteiger partial charge in [-0.05, 0) is 6.92 Å². The Morgan fingerprint density at radius 1 is 1.54 bits per heavy atom. The molecule has 72 valence electrons. The molecule has 1 atom stereocenters. The quantitative estimate of drug-likeness (QED) is 0.475. The van der Waals surface area contributed by atoms with Crippen LogP contribution in [0.4, 0.5) is 0 Å². The highest BCUT2D eigenvalue weighted by Crippen LogP contribution is 2.12. The van der Waals surface area contributed by atoms with E-state index in [2.05, 4.69) is 22.6 Å². The summed E-state index contributed by atoms with van der Waals surface area (Å²) in [5, 5.41) is 0. The first-order valence-corrected chi connectivity index (χ1v) is 4.43. The molecule has 0 spiro atoms. The Bertz CT molecular complexity index is 219. The summed E-state index contributed by atoms with van der Waals surface area (Å²) in [5.74, 6) is 2.54. The van der Waals surface area contributed by atoms with Gasteiger partial charge in [-0.2, -0.15) is 0 Å². The second-order valence-corrected chi connectivity index (χ2v) is 3.10. The van der Waals surface area contributed by atoms with Crippen molar-refractivity contribution in [3.05, 3.63) is 12.4 Å². The summed E-state index contributed by atoms with van der Waals surface area (Å²) in [6, 6.07) is 0. The molecule has 1 unspecified atom stereocenters. The molecule has 1 heterocycles. The van der Waals surface area contributed by atoms with Crippen molar-refractivity contribution >= 4 is 0 Å². The highest BCUT2D eigenvalue weighted by atomic mass is 16.5. The molecule has 3 heteroatoms. The lowest BCUT2D eigenvalue weighted by Crippen LogP contribution is -2.35. The Labute approximate surface area is 80.0 Å². The number of terminal acetylenes is 1. The SMILES string of the molecule is C#CCCOCN1C=CN(C)C1C. The van der Waals surface area contributed by atoms with Crippen molar-refractivity contribution in [3.63, 3.8) is 0 Å². The van der Waals surface area contributed by atoms with Gasteiger partial charge in [-0.15, -0.1) is 12.3 Å². The third-order valence-electron chi connectivity index (χ3n) is 2.19. The van der Waals surface area contributed by atoms with E-state index in [-0.39, 0.29) is 0 Å². The molecule has 13 heavy (non-hydrogen) atoms. The smallest absolute Gasteiger partial charge is 0.120 e. The predicted octanol–water partition coefficient (Wildman–Crippen LogP) is 1.05. The number of ether oxygens (including phenoxy) is 1. The normalized spacial score (nSPS) is 20.8. The molecule has 0 saturated heterocycles. The van der Waals surface area contributed by atoms with E-state index in [1.807, 2.05) is 19.4 Å². The maximum absolute atomic E-state index is 5.38. The third-order valence-corrected chi connectivity index (χ3v) is 2.19. The van der Waals surface area contributed by atoms with Crippen LogP contribution in [-0.2, 0) is 4.74 Å². The zero-order valence-corrected chi connectivity index (χ0v) is 8.23. The molecule has 0 aliphatic carbocycles. The van der Waals surface area contributed by atoms with Crippen LogP contribution < -0.4 is 0 Å². The summed E-state index contributed by atoms with van der Waals surface area (Å²) < 4.78 is 5.38. The minimum Gasteiger partial charge on any atom is -0.360 e. The molecule has 0 aromatic carbocycles. The van der Waals surface area contributed by atoms with Crippen LogP contribution in [0.15, 0.2) is 12.4 Å². The standard InChI is InChI=1S/C10H16N2O/c1-4-5-8-13-9-12-7-6-11(3)10(12)2/h1,6-7,10H,5,8-9H2,2-3H3. The number of rotatable bonds is 4. The predicted molar refractivity (Wildman–Crippen MR) is 52.5 cm³/mol. The van der Waals surface area contributed by atoms with Crippen molar-refractivity contribution in [2.24, 2.45) is 0 Å². The van der Waals surface area contributed by atoms with Crippen molar-refractivity contribution in [3.8, 4) is 12.3 Å². The summed E-state index contributed by atoms with van der Waals surface area (Å²) in [5.41, 5.74) is 0. The molecule has 1 aliphatic heterocycles.